The zero-order valence-electron chi connectivity index (χ0n) is 75.4. The fourth-order valence-electron chi connectivity index (χ4n) is 12.5. The summed E-state index contributed by atoms with van der Waals surface area (Å²) >= 11 is 0. The first-order chi connectivity index (χ1) is 56.2. The lowest BCUT2D eigenvalue weighted by Gasteiger charge is -2.31. The molecule has 6 rings (SSSR count). The minimum atomic E-state index is -0.431. The van der Waals surface area contributed by atoms with E-state index < -0.39 is 5.97 Å². The number of carbonyl (C=O) groups excluding carboxylic acids is 5. The third kappa shape index (κ3) is 46.4. The zero-order valence-corrected chi connectivity index (χ0v) is 75.4. The van der Waals surface area contributed by atoms with Crippen molar-refractivity contribution in [3.8, 4) is 0 Å². The Balaban J connectivity index is 0.000000539. The van der Waals surface area contributed by atoms with Crippen molar-refractivity contribution in [2.45, 2.75) is 255 Å². The molecule has 0 heterocycles. The number of amides is 3. The standard InChI is InChI=1S/C42H46.C22H40N2O6.C14H30N2O3.C14H22.C9H18O3/c1-3-34(36-21-11-5-12-22-36)30-41(38-25-15-7-16-26-38)32-42(39-27-17-8-18-28-39)31-40(37-23-13-6-14-24-37)29-33(2)35-19-9-4-10-20-35;1-6-22(4,5)21(27)24-12-9-14-29-17-16-28-13-8-11-23-19(25)10-7-15-30-20(26)18(2)3;1-4-14(2,3)13(17)16-8-6-10-19-12-11-18-9-5-7-15;1-5-11(3)13-7-9-14(10-8-13)12(4)6-2;1-5-9(2,3)8(10)12-7-6-11-4/h4-28,33-34,40-42H,3,29-32H2,1-2H3;2,6-17H2,1,3-5H3,(H,23,25)(H,24,27);4-12,15H2,1-3H3,(H,16,17);7-12H,5-6H2,1-4H3;5-7H2,1-4H3. The molecule has 0 aliphatic rings. The highest BCUT2D eigenvalue weighted by atomic mass is 16.6. The molecule has 0 spiro atoms. The second kappa shape index (κ2) is 63.2. The number of benzene rings is 6. The molecule has 3 amide bonds. The zero-order chi connectivity index (χ0) is 86.5. The smallest absolute Gasteiger partial charge is 0.333 e. The topological polar surface area (TPSA) is 212 Å². The Morgan fingerprint density at radius 3 is 1.04 bits per heavy atom. The molecule has 0 saturated carbocycles. The van der Waals surface area contributed by atoms with Crippen molar-refractivity contribution in [2.75, 3.05) is 106 Å². The monoisotopic (exact) mass is 1620 g/mol. The van der Waals surface area contributed by atoms with Crippen LogP contribution < -0.4 is 21.7 Å². The van der Waals surface area contributed by atoms with Crippen LogP contribution >= 0.6 is 0 Å². The summed E-state index contributed by atoms with van der Waals surface area (Å²) in [6.45, 7) is 44.6. The first kappa shape index (κ1) is 105. The van der Waals surface area contributed by atoms with Crippen LogP contribution in [0.3, 0.4) is 0 Å². The number of rotatable bonds is 53. The summed E-state index contributed by atoms with van der Waals surface area (Å²) in [5, 5.41) is 8.65. The van der Waals surface area contributed by atoms with Gasteiger partial charge in [0.1, 0.15) is 6.61 Å². The van der Waals surface area contributed by atoms with Crippen LogP contribution in [0.5, 0.6) is 0 Å². The van der Waals surface area contributed by atoms with E-state index in [9.17, 15) is 24.0 Å². The molecule has 117 heavy (non-hydrogen) atoms. The van der Waals surface area contributed by atoms with Crippen LogP contribution in [0, 0.1) is 16.2 Å². The fourth-order valence-corrected chi connectivity index (χ4v) is 12.5. The maximum Gasteiger partial charge on any atom is 0.333 e. The molecule has 16 heteroatoms. The Kier molecular flexibility index (Phi) is 56.9. The largest absolute Gasteiger partial charge is 0.463 e. The number of hydrogen-bond acceptors (Lipinski definition) is 13. The van der Waals surface area contributed by atoms with Gasteiger partial charge >= 0.3 is 11.9 Å². The predicted octanol–water partition coefficient (Wildman–Crippen LogP) is 21.9. The van der Waals surface area contributed by atoms with E-state index >= 15 is 0 Å². The number of nitrogens with two attached hydrogens (primary N) is 1. The second-order valence-electron chi connectivity index (χ2n) is 32.8. The van der Waals surface area contributed by atoms with Gasteiger partial charge in [-0.25, -0.2) is 4.79 Å². The lowest BCUT2D eigenvalue weighted by molar-refractivity contribution is -0.155. The Hall–Kier alpha value is -7.83. The van der Waals surface area contributed by atoms with E-state index in [0.29, 0.717) is 152 Å². The average molecular weight is 1620 g/mol. The number of ether oxygens (including phenoxy) is 7. The molecule has 16 nitrogen and oxygen atoms in total. The van der Waals surface area contributed by atoms with Gasteiger partial charge in [0.2, 0.25) is 17.7 Å². The van der Waals surface area contributed by atoms with E-state index in [0.717, 1.165) is 70.6 Å². The van der Waals surface area contributed by atoms with Gasteiger partial charge in [-0.3, -0.25) is 19.2 Å². The van der Waals surface area contributed by atoms with Crippen molar-refractivity contribution in [1.29, 1.82) is 0 Å². The van der Waals surface area contributed by atoms with Crippen LogP contribution in [0.15, 0.2) is 188 Å². The Morgan fingerprint density at radius 1 is 0.368 bits per heavy atom. The number of nitrogens with one attached hydrogen (secondary N) is 3. The molecule has 0 aromatic heterocycles. The van der Waals surface area contributed by atoms with Gasteiger partial charge in [0.15, 0.2) is 0 Å². The third-order valence-electron chi connectivity index (χ3n) is 22.2. The highest BCUT2D eigenvalue weighted by molar-refractivity contribution is 5.87. The van der Waals surface area contributed by atoms with Crippen LogP contribution in [0.2, 0.25) is 0 Å². The van der Waals surface area contributed by atoms with Crippen molar-refractivity contribution in [2.24, 2.45) is 22.0 Å². The molecular weight excluding hydrogens is 1460 g/mol. The van der Waals surface area contributed by atoms with E-state index in [-0.39, 0.29) is 46.5 Å². The van der Waals surface area contributed by atoms with Gasteiger partial charge in [-0.2, -0.15) is 0 Å². The normalized spacial score (nSPS) is 13.0. The van der Waals surface area contributed by atoms with E-state index in [2.05, 4.69) is 240 Å². The molecule has 0 saturated heterocycles. The van der Waals surface area contributed by atoms with Crippen LogP contribution in [-0.2, 0) is 57.1 Å². The number of methoxy groups -OCH3 is 1. The summed E-state index contributed by atoms with van der Waals surface area (Å²) in [5.74, 6) is 3.42. The molecule has 0 fully saturated rings. The number of carbonyl (C=O) groups is 5. The molecule has 5 N–H and O–H groups in total. The van der Waals surface area contributed by atoms with Crippen molar-refractivity contribution in [3.63, 3.8) is 0 Å². The van der Waals surface area contributed by atoms with Crippen molar-refractivity contribution >= 4 is 29.7 Å². The maximum absolute atomic E-state index is 11.9. The molecule has 6 aromatic carbocycles. The Morgan fingerprint density at radius 2 is 0.701 bits per heavy atom. The quantitative estimate of drug-likeness (QED) is 0.0159. The molecular formula is C101H156N4O12. The van der Waals surface area contributed by atoms with Gasteiger partial charge in [0.25, 0.3) is 0 Å². The number of esters is 2. The second-order valence-corrected chi connectivity index (χ2v) is 32.8. The SMILES string of the molecule is C=C(C)C(=O)OCCCC(=O)NCCCOCCOCCCNC(=O)C(C)(C)CC.CCC(C)(C)C(=O)NCCCOCCOCCCN.CCC(C)(C)C(=O)OCCOC.CCC(C)c1ccc(C(C)CC)cc1.CCC(CC(CC(CC(CC(C)c1ccccc1)c1ccccc1)c1ccccc1)c1ccccc1)c1ccccc1. The van der Waals surface area contributed by atoms with E-state index in [4.69, 9.17) is 38.9 Å². The van der Waals surface area contributed by atoms with E-state index in [1.165, 1.54) is 58.2 Å². The predicted molar refractivity (Wildman–Crippen MR) is 484 cm³/mol. The first-order valence-corrected chi connectivity index (χ1v) is 43.9. The summed E-state index contributed by atoms with van der Waals surface area (Å²) in [6.07, 6.45) is 14.7. The van der Waals surface area contributed by atoms with Gasteiger partial charge in [-0.05, 0) is 204 Å². The summed E-state index contributed by atoms with van der Waals surface area (Å²) in [6, 6.07) is 65.3. The molecule has 6 aromatic rings. The molecule has 0 radical (unpaired) electrons. The minimum Gasteiger partial charge on any atom is -0.463 e. The van der Waals surface area contributed by atoms with Crippen molar-refractivity contribution < 1.29 is 57.1 Å². The van der Waals surface area contributed by atoms with Crippen LogP contribution in [-0.4, -0.2) is 136 Å². The van der Waals surface area contributed by atoms with Gasteiger partial charge in [0, 0.05) is 76.0 Å². The summed E-state index contributed by atoms with van der Waals surface area (Å²) in [5.41, 5.74) is 15.0. The van der Waals surface area contributed by atoms with Crippen molar-refractivity contribution in [3.05, 3.63) is 227 Å². The molecule has 0 aliphatic carbocycles. The molecule has 0 bridgehead atoms. The van der Waals surface area contributed by atoms with Gasteiger partial charge < -0.3 is 54.8 Å². The lowest BCUT2D eigenvalue weighted by Crippen LogP contribution is -2.37. The van der Waals surface area contributed by atoms with Gasteiger partial charge in [-0.15, -0.1) is 0 Å². The van der Waals surface area contributed by atoms with Crippen LogP contribution in [0.1, 0.15) is 294 Å². The van der Waals surface area contributed by atoms with Crippen molar-refractivity contribution in [1.82, 2.24) is 16.0 Å². The molecule has 7 unspecified atom stereocenters. The highest BCUT2D eigenvalue weighted by Gasteiger charge is 2.30. The van der Waals surface area contributed by atoms with Gasteiger partial charge in [0.05, 0.1) is 45.1 Å². The number of hydrogen-bond donors (Lipinski definition) is 4. The van der Waals surface area contributed by atoms with Crippen LogP contribution in [0.4, 0.5) is 0 Å². The molecule has 0 aliphatic heterocycles. The van der Waals surface area contributed by atoms with Crippen LogP contribution in [0.25, 0.3) is 0 Å². The van der Waals surface area contributed by atoms with Gasteiger partial charge in [-0.1, -0.05) is 273 Å². The lowest BCUT2D eigenvalue weighted by atomic mass is 9.73. The third-order valence-corrected chi connectivity index (χ3v) is 22.2. The summed E-state index contributed by atoms with van der Waals surface area (Å²) in [4.78, 5) is 57.8. The molecule has 652 valence electrons. The Bertz CT molecular complexity index is 3480. The molecule has 7 atom stereocenters. The summed E-state index contributed by atoms with van der Waals surface area (Å²) < 4.78 is 36.3. The Labute approximate surface area is 708 Å². The fraction of sp³-hybridized carbons (Fsp3) is 0.574. The van der Waals surface area contributed by atoms with E-state index in [1.807, 2.05) is 62.3 Å². The highest BCUT2D eigenvalue weighted by Crippen LogP contribution is 2.44. The van der Waals surface area contributed by atoms with E-state index in [1.54, 1.807) is 14.0 Å². The first-order valence-electron chi connectivity index (χ1n) is 43.9. The summed E-state index contributed by atoms with van der Waals surface area (Å²) in [7, 11) is 1.58. The average Bonchev–Trinajstić information content (AvgIpc) is 0.822. The minimum absolute atomic E-state index is 0.0703. The maximum atomic E-state index is 11.9.